The highest BCUT2D eigenvalue weighted by Crippen LogP contribution is 2.32. The van der Waals surface area contributed by atoms with Gasteiger partial charge in [0.25, 0.3) is 0 Å². The quantitative estimate of drug-likeness (QED) is 0.828. The topological polar surface area (TPSA) is 77.1 Å². The van der Waals surface area contributed by atoms with Crippen molar-refractivity contribution in [3.05, 3.63) is 53.6 Å². The second kappa shape index (κ2) is 7.80. The maximum atomic E-state index is 12.5. The predicted molar refractivity (Wildman–Crippen MR) is 101 cm³/mol. The van der Waals surface area contributed by atoms with Crippen molar-refractivity contribution in [1.82, 2.24) is 10.2 Å². The number of nitrogens with one attached hydrogen (secondary N) is 1. The van der Waals surface area contributed by atoms with E-state index in [2.05, 4.69) is 5.32 Å². The Hall–Kier alpha value is -3.22. The fraction of sp³-hybridized carbons (Fsp3) is 0.333. The van der Waals surface area contributed by atoms with Crippen molar-refractivity contribution in [3.63, 3.8) is 0 Å². The Labute approximate surface area is 163 Å². The number of carbonyl (C=O) groups is 2. The highest BCUT2D eigenvalue weighted by Gasteiger charge is 2.34. The number of carbonyl (C=O) groups excluding carboxylic acids is 2. The normalized spacial score (nSPS) is 17.7. The molecule has 2 amide bonds. The van der Waals surface area contributed by atoms with Gasteiger partial charge >= 0.3 is 0 Å². The highest BCUT2D eigenvalue weighted by molar-refractivity contribution is 5.89. The molecule has 7 heteroatoms. The average Bonchev–Trinajstić information content (AvgIpc) is 3.33. The third-order valence-corrected chi connectivity index (χ3v) is 5.02. The number of fused-ring (bicyclic) bond motifs is 1. The van der Waals surface area contributed by atoms with Gasteiger partial charge in [0.05, 0.1) is 13.0 Å². The molecule has 146 valence electrons. The molecule has 0 spiro atoms. The van der Waals surface area contributed by atoms with E-state index in [1.807, 2.05) is 42.5 Å². The lowest BCUT2D eigenvalue weighted by atomic mass is 10.1. The minimum Gasteiger partial charge on any atom is -0.497 e. The smallest absolute Gasteiger partial charge is 0.231 e. The van der Waals surface area contributed by atoms with Crippen LogP contribution in [-0.2, 0) is 22.7 Å². The molecule has 2 heterocycles. The second-order valence-electron chi connectivity index (χ2n) is 6.93. The highest BCUT2D eigenvalue weighted by atomic mass is 16.7. The molecule has 1 atom stereocenters. The third kappa shape index (κ3) is 3.88. The molecule has 0 aromatic heterocycles. The Morgan fingerprint density at radius 3 is 2.68 bits per heavy atom. The van der Waals surface area contributed by atoms with Crippen molar-refractivity contribution in [2.45, 2.75) is 19.5 Å². The van der Waals surface area contributed by atoms with Crippen LogP contribution in [0.1, 0.15) is 17.5 Å². The Morgan fingerprint density at radius 1 is 1.14 bits per heavy atom. The molecule has 0 aliphatic carbocycles. The van der Waals surface area contributed by atoms with Gasteiger partial charge in [-0.25, -0.2) is 0 Å². The first-order valence-corrected chi connectivity index (χ1v) is 9.19. The van der Waals surface area contributed by atoms with Crippen molar-refractivity contribution >= 4 is 11.8 Å². The number of rotatable bonds is 6. The van der Waals surface area contributed by atoms with E-state index in [4.69, 9.17) is 14.2 Å². The van der Waals surface area contributed by atoms with Crippen molar-refractivity contribution in [2.75, 3.05) is 20.4 Å². The monoisotopic (exact) mass is 382 g/mol. The largest absolute Gasteiger partial charge is 0.497 e. The first-order chi connectivity index (χ1) is 13.6. The fourth-order valence-corrected chi connectivity index (χ4v) is 3.44. The number of ether oxygens (including phenoxy) is 3. The molecule has 0 saturated carbocycles. The molecule has 1 saturated heterocycles. The minimum absolute atomic E-state index is 0.000882. The maximum Gasteiger partial charge on any atom is 0.231 e. The Balaban J connectivity index is 1.30. The number of amides is 2. The number of benzene rings is 2. The van der Waals surface area contributed by atoms with E-state index in [0.29, 0.717) is 31.1 Å². The van der Waals surface area contributed by atoms with Gasteiger partial charge in [-0.15, -0.1) is 0 Å². The number of likely N-dealkylation sites (tertiary alicyclic amines) is 1. The zero-order valence-electron chi connectivity index (χ0n) is 15.6. The lowest BCUT2D eigenvalue weighted by Gasteiger charge is -2.17. The van der Waals surface area contributed by atoms with Crippen LogP contribution in [0.2, 0.25) is 0 Å². The van der Waals surface area contributed by atoms with E-state index in [1.165, 1.54) is 0 Å². The molecule has 4 rings (SSSR count). The van der Waals surface area contributed by atoms with Crippen LogP contribution in [0, 0.1) is 5.92 Å². The first-order valence-electron chi connectivity index (χ1n) is 9.19. The van der Waals surface area contributed by atoms with E-state index < -0.39 is 0 Å². The summed E-state index contributed by atoms with van der Waals surface area (Å²) >= 11 is 0. The van der Waals surface area contributed by atoms with Crippen LogP contribution in [0.25, 0.3) is 0 Å². The Kier molecular flexibility index (Phi) is 5.06. The van der Waals surface area contributed by atoms with Gasteiger partial charge in [-0.3, -0.25) is 9.59 Å². The van der Waals surface area contributed by atoms with Crippen molar-refractivity contribution < 1.29 is 23.8 Å². The zero-order chi connectivity index (χ0) is 19.5. The molecule has 1 fully saturated rings. The van der Waals surface area contributed by atoms with Crippen LogP contribution in [-0.4, -0.2) is 37.2 Å². The second-order valence-corrected chi connectivity index (χ2v) is 6.93. The van der Waals surface area contributed by atoms with Gasteiger partial charge in [-0.2, -0.15) is 0 Å². The molecule has 2 aromatic carbocycles. The van der Waals surface area contributed by atoms with E-state index >= 15 is 0 Å². The molecule has 2 aliphatic rings. The summed E-state index contributed by atoms with van der Waals surface area (Å²) in [4.78, 5) is 26.6. The molecule has 0 unspecified atom stereocenters. The number of hydrogen-bond acceptors (Lipinski definition) is 5. The summed E-state index contributed by atoms with van der Waals surface area (Å²) in [6.45, 7) is 1.53. The summed E-state index contributed by atoms with van der Waals surface area (Å²) in [5.41, 5.74) is 1.94. The first kappa shape index (κ1) is 18.2. The average molecular weight is 382 g/mol. The number of hydrogen-bond donors (Lipinski definition) is 1. The molecule has 7 nitrogen and oxygen atoms in total. The minimum atomic E-state index is -0.334. The molecule has 0 radical (unpaired) electrons. The molecule has 2 aliphatic heterocycles. The Bertz CT molecular complexity index is 881. The summed E-state index contributed by atoms with van der Waals surface area (Å²) in [7, 11) is 1.62. The number of methoxy groups -OCH3 is 1. The van der Waals surface area contributed by atoms with E-state index in [0.717, 1.165) is 16.9 Å². The molecule has 1 N–H and O–H groups in total. The van der Waals surface area contributed by atoms with Gasteiger partial charge in [0.1, 0.15) is 5.75 Å². The molecule has 28 heavy (non-hydrogen) atoms. The fourth-order valence-electron chi connectivity index (χ4n) is 3.44. The van der Waals surface area contributed by atoms with Crippen LogP contribution >= 0.6 is 0 Å². The summed E-state index contributed by atoms with van der Waals surface area (Å²) in [6, 6.07) is 13.2. The SMILES string of the molecule is COc1ccc(CN2C[C@@H](C(=O)NCc3ccc4c(c3)OCO4)CC2=O)cc1. The maximum absolute atomic E-state index is 12.5. The van der Waals surface area contributed by atoms with Crippen molar-refractivity contribution in [2.24, 2.45) is 5.92 Å². The van der Waals surface area contributed by atoms with Gasteiger partial charge in [-0.1, -0.05) is 18.2 Å². The standard InChI is InChI=1S/C21H22N2O5/c1-26-17-5-2-14(3-6-17)11-23-12-16(9-20(23)24)21(25)22-10-15-4-7-18-19(8-15)28-13-27-18/h2-8,16H,9-13H2,1H3,(H,22,25)/t16-/m0/s1. The summed E-state index contributed by atoms with van der Waals surface area (Å²) in [5, 5.41) is 2.92. The van der Waals surface area contributed by atoms with E-state index in [1.54, 1.807) is 12.0 Å². The Morgan fingerprint density at radius 2 is 1.89 bits per heavy atom. The van der Waals surface area contributed by atoms with Crippen molar-refractivity contribution in [1.29, 1.82) is 0 Å². The van der Waals surface area contributed by atoms with E-state index in [-0.39, 0.29) is 30.9 Å². The lowest BCUT2D eigenvalue weighted by Crippen LogP contribution is -2.32. The van der Waals surface area contributed by atoms with Gasteiger partial charge in [0.2, 0.25) is 18.6 Å². The van der Waals surface area contributed by atoms with E-state index in [9.17, 15) is 9.59 Å². The van der Waals surface area contributed by atoms with Gasteiger partial charge in [0.15, 0.2) is 11.5 Å². The lowest BCUT2D eigenvalue weighted by molar-refractivity contribution is -0.129. The van der Waals surface area contributed by atoms with Crippen LogP contribution in [0.3, 0.4) is 0 Å². The summed E-state index contributed by atoms with van der Waals surface area (Å²) < 4.78 is 15.8. The molecule has 0 bridgehead atoms. The van der Waals surface area contributed by atoms with Gasteiger partial charge < -0.3 is 24.4 Å². The van der Waals surface area contributed by atoms with Crippen LogP contribution in [0.5, 0.6) is 17.2 Å². The summed E-state index contributed by atoms with van der Waals surface area (Å²) in [6.07, 6.45) is 0.239. The van der Waals surface area contributed by atoms with Gasteiger partial charge in [0, 0.05) is 26.1 Å². The third-order valence-electron chi connectivity index (χ3n) is 5.02. The zero-order valence-corrected chi connectivity index (χ0v) is 15.6. The predicted octanol–water partition coefficient (Wildman–Crippen LogP) is 2.09. The number of nitrogens with zero attached hydrogens (tertiary/aromatic N) is 1. The molecule has 2 aromatic rings. The van der Waals surface area contributed by atoms with Crippen LogP contribution in [0.15, 0.2) is 42.5 Å². The molecular formula is C21H22N2O5. The van der Waals surface area contributed by atoms with Gasteiger partial charge in [-0.05, 0) is 35.4 Å². The van der Waals surface area contributed by atoms with Crippen LogP contribution < -0.4 is 19.5 Å². The van der Waals surface area contributed by atoms with Crippen molar-refractivity contribution in [3.8, 4) is 17.2 Å². The van der Waals surface area contributed by atoms with Crippen LogP contribution in [0.4, 0.5) is 0 Å². The summed E-state index contributed by atoms with van der Waals surface area (Å²) in [5.74, 6) is 1.73. The molecular weight excluding hydrogens is 360 g/mol.